The number of carbonyl (C=O) groups is 1. The topological polar surface area (TPSA) is 76.4 Å². The Morgan fingerprint density at radius 1 is 1.39 bits per heavy atom. The summed E-state index contributed by atoms with van der Waals surface area (Å²) in [6.07, 6.45) is 2.06. The first-order valence-corrected chi connectivity index (χ1v) is 6.10. The summed E-state index contributed by atoms with van der Waals surface area (Å²) in [7, 11) is 1.69. The Hall–Kier alpha value is -1.59. The van der Waals surface area contributed by atoms with E-state index >= 15 is 0 Å². The Labute approximate surface area is 107 Å². The summed E-state index contributed by atoms with van der Waals surface area (Å²) >= 11 is 0. The van der Waals surface area contributed by atoms with E-state index in [1.165, 1.54) is 0 Å². The van der Waals surface area contributed by atoms with Gasteiger partial charge in [-0.1, -0.05) is 12.1 Å². The third kappa shape index (κ3) is 3.21. The largest absolute Gasteiger partial charge is 0.381 e. The molecule has 0 aliphatic heterocycles. The maximum Gasteiger partial charge on any atom is 0.319 e. The van der Waals surface area contributed by atoms with E-state index in [9.17, 15) is 4.79 Å². The highest BCUT2D eigenvalue weighted by atomic mass is 16.5. The second kappa shape index (κ2) is 5.84. The molecular weight excluding hydrogens is 230 g/mol. The molecule has 0 atom stereocenters. The first kappa shape index (κ1) is 12.9. The van der Waals surface area contributed by atoms with Crippen LogP contribution in [0.4, 0.5) is 10.5 Å². The maximum atomic E-state index is 11.7. The zero-order valence-corrected chi connectivity index (χ0v) is 10.5. The lowest BCUT2D eigenvalue weighted by Gasteiger charge is -2.34. The molecule has 0 aromatic heterocycles. The minimum Gasteiger partial charge on any atom is -0.381 e. The van der Waals surface area contributed by atoms with Crippen LogP contribution in [-0.4, -0.2) is 25.3 Å². The first-order chi connectivity index (χ1) is 8.71. The van der Waals surface area contributed by atoms with E-state index in [4.69, 9.17) is 10.5 Å². The molecule has 1 aliphatic carbocycles. The SMILES string of the molecule is COC1CC(NC(=O)Nc2ccc(CN)cc2)C1. The van der Waals surface area contributed by atoms with Gasteiger partial charge < -0.3 is 21.1 Å². The van der Waals surface area contributed by atoms with Crippen molar-refractivity contribution in [2.75, 3.05) is 12.4 Å². The molecule has 2 amide bonds. The fraction of sp³-hybridized carbons (Fsp3) is 0.462. The number of carbonyl (C=O) groups excluding carboxylic acids is 1. The molecule has 1 fully saturated rings. The van der Waals surface area contributed by atoms with Crippen molar-refractivity contribution < 1.29 is 9.53 Å². The molecule has 0 bridgehead atoms. The van der Waals surface area contributed by atoms with Crippen LogP contribution in [0, 0.1) is 0 Å². The van der Waals surface area contributed by atoms with Crippen LogP contribution in [-0.2, 0) is 11.3 Å². The van der Waals surface area contributed by atoms with Crippen LogP contribution in [0.25, 0.3) is 0 Å². The number of amides is 2. The number of methoxy groups -OCH3 is 1. The number of rotatable bonds is 4. The number of ether oxygens (including phenoxy) is 1. The van der Waals surface area contributed by atoms with E-state index < -0.39 is 0 Å². The molecule has 0 radical (unpaired) electrons. The summed E-state index contributed by atoms with van der Waals surface area (Å²) in [5.74, 6) is 0. The van der Waals surface area contributed by atoms with Crippen LogP contribution in [0.2, 0.25) is 0 Å². The number of anilines is 1. The second-order valence-electron chi connectivity index (χ2n) is 4.53. The van der Waals surface area contributed by atoms with Crippen molar-refractivity contribution in [2.24, 2.45) is 5.73 Å². The highest BCUT2D eigenvalue weighted by molar-refractivity contribution is 5.89. The zero-order chi connectivity index (χ0) is 13.0. The summed E-state index contributed by atoms with van der Waals surface area (Å²) in [5, 5.41) is 5.70. The normalized spacial score (nSPS) is 22.1. The van der Waals surface area contributed by atoms with Gasteiger partial charge in [-0.25, -0.2) is 4.79 Å². The van der Waals surface area contributed by atoms with Gasteiger partial charge in [0, 0.05) is 25.4 Å². The highest BCUT2D eigenvalue weighted by Crippen LogP contribution is 2.22. The van der Waals surface area contributed by atoms with Crippen LogP contribution in [0.3, 0.4) is 0 Å². The van der Waals surface area contributed by atoms with Crippen LogP contribution in [0.5, 0.6) is 0 Å². The van der Waals surface area contributed by atoms with Gasteiger partial charge in [0.2, 0.25) is 0 Å². The summed E-state index contributed by atoms with van der Waals surface area (Å²) < 4.78 is 5.16. The second-order valence-corrected chi connectivity index (χ2v) is 4.53. The molecule has 0 heterocycles. The molecule has 4 N–H and O–H groups in total. The molecule has 18 heavy (non-hydrogen) atoms. The Morgan fingerprint density at radius 3 is 2.61 bits per heavy atom. The molecule has 5 nitrogen and oxygen atoms in total. The molecule has 0 spiro atoms. The summed E-state index contributed by atoms with van der Waals surface area (Å²) in [4.78, 5) is 11.7. The third-order valence-electron chi connectivity index (χ3n) is 3.21. The molecule has 0 saturated heterocycles. The smallest absolute Gasteiger partial charge is 0.319 e. The van der Waals surface area contributed by atoms with Crippen molar-refractivity contribution in [3.63, 3.8) is 0 Å². The standard InChI is InChI=1S/C13H19N3O2/c1-18-12-6-11(7-12)16-13(17)15-10-4-2-9(8-14)3-5-10/h2-5,11-12H,6-8,14H2,1H3,(H2,15,16,17). The van der Waals surface area contributed by atoms with Gasteiger partial charge in [0.25, 0.3) is 0 Å². The quantitative estimate of drug-likeness (QED) is 0.755. The van der Waals surface area contributed by atoms with Crippen molar-refractivity contribution in [1.29, 1.82) is 0 Å². The lowest BCUT2D eigenvalue weighted by atomic mass is 9.89. The van der Waals surface area contributed by atoms with Crippen LogP contribution >= 0.6 is 0 Å². The Kier molecular flexibility index (Phi) is 4.17. The van der Waals surface area contributed by atoms with Crippen molar-refractivity contribution in [3.05, 3.63) is 29.8 Å². The van der Waals surface area contributed by atoms with E-state index in [1.54, 1.807) is 7.11 Å². The Bertz CT molecular complexity index is 399. The highest BCUT2D eigenvalue weighted by Gasteiger charge is 2.29. The van der Waals surface area contributed by atoms with Crippen LogP contribution < -0.4 is 16.4 Å². The number of hydrogen-bond donors (Lipinski definition) is 3. The lowest BCUT2D eigenvalue weighted by molar-refractivity contribution is 0.0210. The molecule has 1 aliphatic rings. The van der Waals surface area contributed by atoms with E-state index in [0.717, 1.165) is 24.1 Å². The molecular formula is C13H19N3O2. The van der Waals surface area contributed by atoms with E-state index in [1.807, 2.05) is 24.3 Å². The molecule has 0 unspecified atom stereocenters. The minimum absolute atomic E-state index is 0.171. The van der Waals surface area contributed by atoms with Gasteiger partial charge in [0.15, 0.2) is 0 Å². The average Bonchev–Trinajstić information content (AvgIpc) is 2.34. The van der Waals surface area contributed by atoms with E-state index in [-0.39, 0.29) is 12.1 Å². The van der Waals surface area contributed by atoms with Gasteiger partial charge in [-0.2, -0.15) is 0 Å². The van der Waals surface area contributed by atoms with E-state index in [2.05, 4.69) is 10.6 Å². The van der Waals surface area contributed by atoms with Gasteiger partial charge in [-0.3, -0.25) is 0 Å². The molecule has 1 aromatic rings. The minimum atomic E-state index is -0.171. The summed E-state index contributed by atoms with van der Waals surface area (Å²) in [6.45, 7) is 0.507. The van der Waals surface area contributed by atoms with Gasteiger partial charge in [-0.15, -0.1) is 0 Å². The number of nitrogens with one attached hydrogen (secondary N) is 2. The monoisotopic (exact) mass is 249 g/mol. The van der Waals surface area contributed by atoms with Crippen LogP contribution in [0.15, 0.2) is 24.3 Å². The van der Waals surface area contributed by atoms with Gasteiger partial charge in [0.1, 0.15) is 0 Å². The molecule has 98 valence electrons. The van der Waals surface area contributed by atoms with Crippen molar-refractivity contribution >= 4 is 11.7 Å². The predicted molar refractivity (Wildman–Crippen MR) is 70.3 cm³/mol. The van der Waals surface area contributed by atoms with Gasteiger partial charge >= 0.3 is 6.03 Å². The maximum absolute atomic E-state index is 11.7. The Morgan fingerprint density at radius 2 is 2.06 bits per heavy atom. The predicted octanol–water partition coefficient (Wildman–Crippen LogP) is 1.44. The number of benzene rings is 1. The number of urea groups is 1. The van der Waals surface area contributed by atoms with Crippen LogP contribution in [0.1, 0.15) is 18.4 Å². The zero-order valence-electron chi connectivity index (χ0n) is 10.5. The fourth-order valence-corrected chi connectivity index (χ4v) is 1.95. The number of hydrogen-bond acceptors (Lipinski definition) is 3. The van der Waals surface area contributed by atoms with Gasteiger partial charge in [0.05, 0.1) is 6.10 Å². The van der Waals surface area contributed by atoms with Gasteiger partial charge in [-0.05, 0) is 30.5 Å². The van der Waals surface area contributed by atoms with Crippen molar-refractivity contribution in [3.8, 4) is 0 Å². The lowest BCUT2D eigenvalue weighted by Crippen LogP contribution is -2.48. The summed E-state index contributed by atoms with van der Waals surface area (Å²) in [5.41, 5.74) is 7.32. The molecule has 1 saturated carbocycles. The van der Waals surface area contributed by atoms with Crippen molar-refractivity contribution in [2.45, 2.75) is 31.5 Å². The first-order valence-electron chi connectivity index (χ1n) is 6.10. The average molecular weight is 249 g/mol. The Balaban J connectivity index is 1.77. The van der Waals surface area contributed by atoms with Crippen molar-refractivity contribution in [1.82, 2.24) is 5.32 Å². The number of nitrogens with two attached hydrogens (primary N) is 1. The third-order valence-corrected chi connectivity index (χ3v) is 3.21. The fourth-order valence-electron chi connectivity index (χ4n) is 1.95. The molecule has 5 heteroatoms. The summed E-state index contributed by atoms with van der Waals surface area (Å²) in [6, 6.07) is 7.55. The molecule has 1 aromatic carbocycles. The van der Waals surface area contributed by atoms with E-state index in [0.29, 0.717) is 12.6 Å². The molecule has 2 rings (SSSR count).